The van der Waals surface area contributed by atoms with Crippen LogP contribution in [0.3, 0.4) is 0 Å². The third-order valence-corrected chi connectivity index (χ3v) is 3.53. The molecule has 2 aromatic carbocycles. The number of Topliss-reactive ketones (excluding diaryl/α,β-unsaturated/α-hetero) is 2. The van der Waals surface area contributed by atoms with Gasteiger partial charge in [-0.15, -0.1) is 0 Å². The lowest BCUT2D eigenvalue weighted by atomic mass is 10.0. The van der Waals surface area contributed by atoms with E-state index in [9.17, 15) is 9.59 Å². The van der Waals surface area contributed by atoms with Crippen LogP contribution in [-0.4, -0.2) is 11.6 Å². The zero-order valence-electron chi connectivity index (χ0n) is 9.60. The van der Waals surface area contributed by atoms with Crippen LogP contribution in [-0.2, 0) is 0 Å². The van der Waals surface area contributed by atoms with Crippen molar-refractivity contribution in [1.82, 2.24) is 0 Å². The second-order valence-electron chi connectivity index (χ2n) is 3.87. The van der Waals surface area contributed by atoms with Crippen LogP contribution in [0.5, 0.6) is 0 Å². The van der Waals surface area contributed by atoms with Crippen molar-refractivity contribution in [3.8, 4) is 0 Å². The van der Waals surface area contributed by atoms with Crippen LogP contribution in [0.1, 0.15) is 27.1 Å². The van der Waals surface area contributed by atoms with E-state index in [1.807, 2.05) is 24.3 Å². The molecule has 0 radical (unpaired) electrons. The van der Waals surface area contributed by atoms with Crippen LogP contribution in [0.15, 0.2) is 54.6 Å². The predicted molar refractivity (Wildman–Crippen MR) is 78.9 cm³/mol. The molecule has 0 unspecified atom stereocenters. The molecule has 0 aliphatic heterocycles. The molecule has 0 spiro atoms. The van der Waals surface area contributed by atoms with Crippen molar-refractivity contribution in [2.45, 2.75) is 6.42 Å². The van der Waals surface area contributed by atoms with Gasteiger partial charge in [0, 0.05) is 14.7 Å². The average molecular weight is 350 g/mol. The Morgan fingerprint density at radius 1 is 0.833 bits per heavy atom. The summed E-state index contributed by atoms with van der Waals surface area (Å²) in [5.41, 5.74) is 1.19. The maximum atomic E-state index is 12.0. The number of ketones is 2. The van der Waals surface area contributed by atoms with E-state index in [2.05, 4.69) is 22.6 Å². The molecule has 2 aromatic rings. The highest BCUT2D eigenvalue weighted by Crippen LogP contribution is 2.15. The van der Waals surface area contributed by atoms with Gasteiger partial charge >= 0.3 is 0 Å². The van der Waals surface area contributed by atoms with Gasteiger partial charge < -0.3 is 0 Å². The van der Waals surface area contributed by atoms with E-state index in [0.717, 1.165) is 3.57 Å². The second-order valence-corrected chi connectivity index (χ2v) is 5.03. The Balaban J connectivity index is 2.14. The third-order valence-electron chi connectivity index (χ3n) is 2.59. The molecule has 0 saturated heterocycles. The molecule has 0 atom stereocenters. The first-order valence-corrected chi connectivity index (χ1v) is 6.62. The minimum atomic E-state index is -0.139. The van der Waals surface area contributed by atoms with E-state index in [4.69, 9.17) is 0 Å². The maximum absolute atomic E-state index is 12.0. The molecule has 0 N–H and O–H groups in total. The molecule has 18 heavy (non-hydrogen) atoms. The summed E-state index contributed by atoms with van der Waals surface area (Å²) in [6.45, 7) is 0. The Morgan fingerprint density at radius 3 is 2.11 bits per heavy atom. The second kappa shape index (κ2) is 5.91. The number of hydrogen-bond acceptors (Lipinski definition) is 2. The van der Waals surface area contributed by atoms with Gasteiger partial charge in [-0.1, -0.05) is 48.5 Å². The topological polar surface area (TPSA) is 34.1 Å². The van der Waals surface area contributed by atoms with Gasteiger partial charge in [0.15, 0.2) is 11.6 Å². The maximum Gasteiger partial charge on any atom is 0.171 e. The van der Waals surface area contributed by atoms with Crippen LogP contribution in [0.2, 0.25) is 0 Å². The van der Waals surface area contributed by atoms with Gasteiger partial charge in [0.05, 0.1) is 6.42 Å². The summed E-state index contributed by atoms with van der Waals surface area (Å²) in [5, 5.41) is 0. The van der Waals surface area contributed by atoms with Crippen molar-refractivity contribution in [2.24, 2.45) is 0 Å². The zero-order chi connectivity index (χ0) is 13.0. The summed E-state index contributed by atoms with van der Waals surface area (Å²) in [6, 6.07) is 16.2. The van der Waals surface area contributed by atoms with Crippen LogP contribution in [0, 0.1) is 3.57 Å². The lowest BCUT2D eigenvalue weighted by molar-refractivity contribution is 0.0894. The highest BCUT2D eigenvalue weighted by Gasteiger charge is 2.15. The molecule has 0 fully saturated rings. The van der Waals surface area contributed by atoms with Gasteiger partial charge in [0.25, 0.3) is 0 Å². The fourth-order valence-corrected chi connectivity index (χ4v) is 2.34. The van der Waals surface area contributed by atoms with E-state index in [-0.39, 0.29) is 18.0 Å². The number of carbonyl (C=O) groups excluding carboxylic acids is 2. The van der Waals surface area contributed by atoms with E-state index in [0.29, 0.717) is 11.1 Å². The first-order chi connectivity index (χ1) is 8.68. The lowest BCUT2D eigenvalue weighted by Gasteiger charge is -2.03. The van der Waals surface area contributed by atoms with Gasteiger partial charge in [-0.2, -0.15) is 0 Å². The quantitative estimate of drug-likeness (QED) is 0.478. The van der Waals surface area contributed by atoms with Crippen LogP contribution >= 0.6 is 22.6 Å². The van der Waals surface area contributed by atoms with Gasteiger partial charge in [-0.25, -0.2) is 0 Å². The molecule has 0 aromatic heterocycles. The highest BCUT2D eigenvalue weighted by atomic mass is 127. The van der Waals surface area contributed by atoms with Crippen molar-refractivity contribution in [2.75, 3.05) is 0 Å². The van der Waals surface area contributed by atoms with E-state index in [1.54, 1.807) is 30.3 Å². The van der Waals surface area contributed by atoms with Crippen molar-refractivity contribution in [3.05, 3.63) is 69.3 Å². The standard InChI is InChI=1S/C15H11IO2/c16-13-9-5-4-8-12(13)15(18)10-14(17)11-6-2-1-3-7-11/h1-9H,10H2. The molecule has 0 aliphatic rings. The molecule has 0 aliphatic carbocycles. The highest BCUT2D eigenvalue weighted by molar-refractivity contribution is 14.1. The number of rotatable bonds is 4. The number of benzene rings is 2. The summed E-state index contributed by atoms with van der Waals surface area (Å²) >= 11 is 2.10. The van der Waals surface area contributed by atoms with E-state index >= 15 is 0 Å². The average Bonchev–Trinajstić information content (AvgIpc) is 2.40. The monoisotopic (exact) mass is 350 g/mol. The van der Waals surface area contributed by atoms with Crippen molar-refractivity contribution < 1.29 is 9.59 Å². The van der Waals surface area contributed by atoms with Crippen molar-refractivity contribution in [1.29, 1.82) is 0 Å². The lowest BCUT2D eigenvalue weighted by Crippen LogP contribution is -2.09. The van der Waals surface area contributed by atoms with E-state index in [1.165, 1.54) is 0 Å². The Morgan fingerprint density at radius 2 is 1.44 bits per heavy atom. The fraction of sp³-hybridized carbons (Fsp3) is 0.0667. The predicted octanol–water partition coefficient (Wildman–Crippen LogP) is 3.75. The first-order valence-electron chi connectivity index (χ1n) is 5.54. The SMILES string of the molecule is O=C(CC(=O)c1ccccc1I)c1ccccc1. The van der Waals surface area contributed by atoms with Crippen LogP contribution in [0.4, 0.5) is 0 Å². The van der Waals surface area contributed by atoms with Gasteiger partial charge in [-0.3, -0.25) is 9.59 Å². The largest absolute Gasteiger partial charge is 0.294 e. The molecule has 3 heteroatoms. The Labute approximate surface area is 119 Å². The number of hydrogen-bond donors (Lipinski definition) is 0. The van der Waals surface area contributed by atoms with Gasteiger partial charge in [0.2, 0.25) is 0 Å². The number of halogens is 1. The molecule has 0 bridgehead atoms. The summed E-state index contributed by atoms with van der Waals surface area (Å²) in [6.07, 6.45) is -0.0793. The van der Waals surface area contributed by atoms with Crippen molar-refractivity contribution in [3.63, 3.8) is 0 Å². The van der Waals surface area contributed by atoms with Gasteiger partial charge in [0.1, 0.15) is 0 Å². The molecule has 90 valence electrons. The minimum Gasteiger partial charge on any atom is -0.294 e. The summed E-state index contributed by atoms with van der Waals surface area (Å²) in [5.74, 6) is -0.269. The Kier molecular flexibility index (Phi) is 4.25. The van der Waals surface area contributed by atoms with E-state index < -0.39 is 0 Å². The Hall–Kier alpha value is -1.49. The summed E-state index contributed by atoms with van der Waals surface area (Å²) in [4.78, 5) is 23.9. The fourth-order valence-electron chi connectivity index (χ4n) is 1.65. The molecule has 2 nitrogen and oxygen atoms in total. The molecule has 0 heterocycles. The van der Waals surface area contributed by atoms with Crippen LogP contribution in [0.25, 0.3) is 0 Å². The normalized spacial score (nSPS) is 10.1. The summed E-state index contributed by atoms with van der Waals surface area (Å²) in [7, 11) is 0. The smallest absolute Gasteiger partial charge is 0.171 e. The molecule has 0 saturated carbocycles. The number of carbonyl (C=O) groups is 2. The molecule has 0 amide bonds. The zero-order valence-corrected chi connectivity index (χ0v) is 11.8. The molecular formula is C15H11IO2. The Bertz CT molecular complexity index is 576. The molecule has 2 rings (SSSR count). The van der Waals surface area contributed by atoms with Crippen molar-refractivity contribution >= 4 is 34.2 Å². The minimum absolute atomic E-state index is 0.0793. The summed E-state index contributed by atoms with van der Waals surface area (Å²) < 4.78 is 0.876. The molecular weight excluding hydrogens is 339 g/mol. The third kappa shape index (κ3) is 3.04. The van der Waals surface area contributed by atoms with Gasteiger partial charge in [-0.05, 0) is 28.7 Å². The first kappa shape index (κ1) is 13.0. The van der Waals surface area contributed by atoms with Crippen LogP contribution < -0.4 is 0 Å².